The van der Waals surface area contributed by atoms with Crippen LogP contribution in [0.1, 0.15) is 5.56 Å². The van der Waals surface area contributed by atoms with Gasteiger partial charge in [0, 0.05) is 12.7 Å². The Hall–Kier alpha value is -0.880. The summed E-state index contributed by atoms with van der Waals surface area (Å²) in [6.07, 6.45) is 1.68. The number of pyridine rings is 1. The number of morpholine rings is 1. The molecule has 1 fully saturated rings. The zero-order valence-electron chi connectivity index (χ0n) is 10.0. The van der Waals surface area contributed by atoms with Crippen LogP contribution in [0.25, 0.3) is 0 Å². The molecule has 7 heteroatoms. The number of hydrogen-bond donors (Lipinski definition) is 2. The number of aryl methyl sites for hydroxylation is 1. The Kier molecular flexibility index (Phi) is 7.86. The zero-order chi connectivity index (χ0) is 11.4. The van der Waals surface area contributed by atoms with E-state index < -0.39 is 0 Å². The van der Waals surface area contributed by atoms with Crippen LogP contribution in [0.4, 0.5) is 5.82 Å². The third-order valence-corrected chi connectivity index (χ3v) is 2.40. The summed E-state index contributed by atoms with van der Waals surface area (Å²) < 4.78 is 5.22. The maximum absolute atomic E-state index is 11.8. The van der Waals surface area contributed by atoms with E-state index in [9.17, 15) is 4.79 Å². The topological polar surface area (TPSA) is 63.2 Å². The summed E-state index contributed by atoms with van der Waals surface area (Å²) in [5.74, 6) is 0.482. The summed E-state index contributed by atoms with van der Waals surface area (Å²) in [6, 6.07) is 3.44. The van der Waals surface area contributed by atoms with Crippen LogP contribution in [-0.2, 0) is 9.53 Å². The molecule has 1 unspecified atom stereocenters. The van der Waals surface area contributed by atoms with E-state index in [0.717, 1.165) is 5.56 Å². The molecule has 1 aliphatic rings. The molecule has 102 valence electrons. The molecule has 1 aromatic heterocycles. The molecule has 0 spiro atoms. The molecular formula is C11H17Cl2N3O2. The zero-order valence-corrected chi connectivity index (χ0v) is 11.6. The second-order valence-corrected chi connectivity index (χ2v) is 3.79. The van der Waals surface area contributed by atoms with Gasteiger partial charge in [-0.25, -0.2) is 4.98 Å². The number of hydrogen-bond acceptors (Lipinski definition) is 4. The van der Waals surface area contributed by atoms with Crippen molar-refractivity contribution >= 4 is 36.5 Å². The molecule has 1 saturated heterocycles. The number of aromatic nitrogens is 1. The van der Waals surface area contributed by atoms with E-state index in [1.807, 2.05) is 19.1 Å². The van der Waals surface area contributed by atoms with Crippen LogP contribution in [0.5, 0.6) is 0 Å². The Morgan fingerprint density at radius 3 is 2.94 bits per heavy atom. The molecule has 18 heavy (non-hydrogen) atoms. The first-order valence-corrected chi connectivity index (χ1v) is 5.30. The van der Waals surface area contributed by atoms with Gasteiger partial charge >= 0.3 is 0 Å². The molecular weight excluding hydrogens is 277 g/mol. The summed E-state index contributed by atoms with van der Waals surface area (Å²) in [5.41, 5.74) is 1.07. The molecule has 1 amide bonds. The first kappa shape index (κ1) is 17.1. The van der Waals surface area contributed by atoms with Crippen molar-refractivity contribution in [2.45, 2.75) is 13.0 Å². The Bertz CT molecular complexity index is 384. The molecule has 1 aliphatic heterocycles. The highest BCUT2D eigenvalue weighted by Crippen LogP contribution is 2.06. The smallest absolute Gasteiger partial charge is 0.245 e. The third kappa shape index (κ3) is 4.78. The number of rotatable bonds is 2. The van der Waals surface area contributed by atoms with Crippen molar-refractivity contribution in [3.8, 4) is 0 Å². The van der Waals surface area contributed by atoms with E-state index in [-0.39, 0.29) is 36.8 Å². The van der Waals surface area contributed by atoms with E-state index >= 15 is 0 Å². The molecule has 1 atom stereocenters. The summed E-state index contributed by atoms with van der Waals surface area (Å²) in [6.45, 7) is 3.74. The number of nitrogens with zero attached hydrogens (tertiary/aromatic N) is 1. The highest BCUT2D eigenvalue weighted by molar-refractivity contribution is 5.94. The van der Waals surface area contributed by atoms with Crippen molar-refractivity contribution < 1.29 is 9.53 Å². The van der Waals surface area contributed by atoms with Crippen LogP contribution in [0.15, 0.2) is 18.3 Å². The molecule has 0 bridgehead atoms. The number of nitrogens with one attached hydrogen (secondary N) is 2. The minimum atomic E-state index is -0.281. The lowest BCUT2D eigenvalue weighted by molar-refractivity contribution is -0.120. The van der Waals surface area contributed by atoms with E-state index in [4.69, 9.17) is 4.74 Å². The Morgan fingerprint density at radius 2 is 2.33 bits per heavy atom. The summed E-state index contributed by atoms with van der Waals surface area (Å²) in [4.78, 5) is 15.9. The van der Waals surface area contributed by atoms with E-state index in [1.165, 1.54) is 0 Å². The molecule has 0 radical (unpaired) electrons. The maximum atomic E-state index is 11.8. The van der Waals surface area contributed by atoms with Gasteiger partial charge in [0.1, 0.15) is 11.9 Å². The molecule has 2 rings (SSSR count). The summed E-state index contributed by atoms with van der Waals surface area (Å²) in [5, 5.41) is 5.85. The predicted molar refractivity (Wildman–Crippen MR) is 74.7 cm³/mol. The largest absolute Gasteiger partial charge is 0.378 e. The van der Waals surface area contributed by atoms with Crippen molar-refractivity contribution in [1.82, 2.24) is 10.3 Å². The van der Waals surface area contributed by atoms with Crippen molar-refractivity contribution in [2.75, 3.05) is 25.1 Å². The van der Waals surface area contributed by atoms with Gasteiger partial charge in [-0.2, -0.15) is 0 Å². The molecule has 0 aliphatic carbocycles. The average molecular weight is 294 g/mol. The van der Waals surface area contributed by atoms with Crippen LogP contribution in [-0.4, -0.2) is 36.7 Å². The van der Waals surface area contributed by atoms with Gasteiger partial charge in [0.25, 0.3) is 0 Å². The minimum Gasteiger partial charge on any atom is -0.378 e. The van der Waals surface area contributed by atoms with E-state index in [1.54, 1.807) is 6.20 Å². The standard InChI is InChI=1S/C11H15N3O2.2ClH/c1-8-2-3-13-10(6-8)14-11(15)9-7-16-5-4-12-9;;/h2-3,6,9,12H,4-5,7H2,1H3,(H,13,14,15);2*1H. The summed E-state index contributed by atoms with van der Waals surface area (Å²) in [7, 11) is 0. The first-order chi connectivity index (χ1) is 7.75. The SMILES string of the molecule is Cc1ccnc(NC(=O)C2COCCN2)c1.Cl.Cl. The average Bonchev–Trinajstić information content (AvgIpc) is 2.30. The minimum absolute atomic E-state index is 0. The quantitative estimate of drug-likeness (QED) is 0.859. The van der Waals surface area contributed by atoms with Gasteiger partial charge in [-0.15, -0.1) is 24.8 Å². The number of anilines is 1. The number of halogens is 2. The second kappa shape index (κ2) is 8.26. The fraction of sp³-hybridized carbons (Fsp3) is 0.455. The Balaban J connectivity index is 0.00000144. The highest BCUT2D eigenvalue weighted by Gasteiger charge is 2.21. The van der Waals surface area contributed by atoms with Gasteiger partial charge in [-0.05, 0) is 24.6 Å². The normalized spacial score (nSPS) is 18.2. The second-order valence-electron chi connectivity index (χ2n) is 3.79. The van der Waals surface area contributed by atoms with Crippen molar-refractivity contribution in [1.29, 1.82) is 0 Å². The van der Waals surface area contributed by atoms with Crippen LogP contribution in [0.3, 0.4) is 0 Å². The number of amides is 1. The van der Waals surface area contributed by atoms with E-state index in [2.05, 4.69) is 15.6 Å². The van der Waals surface area contributed by atoms with Crippen molar-refractivity contribution in [2.24, 2.45) is 0 Å². The van der Waals surface area contributed by atoms with Crippen LogP contribution in [0.2, 0.25) is 0 Å². The number of carbonyl (C=O) groups excluding carboxylic acids is 1. The number of ether oxygens (including phenoxy) is 1. The van der Waals surface area contributed by atoms with Gasteiger partial charge in [0.05, 0.1) is 13.2 Å². The fourth-order valence-corrected chi connectivity index (χ4v) is 1.55. The van der Waals surface area contributed by atoms with Gasteiger partial charge in [-0.1, -0.05) is 0 Å². The van der Waals surface area contributed by atoms with Crippen molar-refractivity contribution in [3.05, 3.63) is 23.9 Å². The van der Waals surface area contributed by atoms with Gasteiger partial charge in [0.15, 0.2) is 0 Å². The molecule has 0 aromatic carbocycles. The van der Waals surface area contributed by atoms with Crippen LogP contribution >= 0.6 is 24.8 Å². The van der Waals surface area contributed by atoms with Crippen molar-refractivity contribution in [3.63, 3.8) is 0 Å². The van der Waals surface area contributed by atoms with Gasteiger partial charge < -0.3 is 15.4 Å². The maximum Gasteiger partial charge on any atom is 0.245 e. The lowest BCUT2D eigenvalue weighted by Crippen LogP contribution is -2.48. The molecule has 0 saturated carbocycles. The third-order valence-electron chi connectivity index (χ3n) is 2.40. The molecule has 1 aromatic rings. The number of carbonyl (C=O) groups is 1. The summed E-state index contributed by atoms with van der Waals surface area (Å²) >= 11 is 0. The van der Waals surface area contributed by atoms with Gasteiger partial charge in [0.2, 0.25) is 5.91 Å². The fourth-order valence-electron chi connectivity index (χ4n) is 1.55. The molecule has 2 N–H and O–H groups in total. The predicted octanol–water partition coefficient (Wildman–Crippen LogP) is 1.16. The Labute approximate surface area is 119 Å². The molecule has 5 nitrogen and oxygen atoms in total. The highest BCUT2D eigenvalue weighted by atomic mass is 35.5. The lowest BCUT2D eigenvalue weighted by atomic mass is 10.2. The monoisotopic (exact) mass is 293 g/mol. The van der Waals surface area contributed by atoms with Crippen LogP contribution in [0, 0.1) is 6.92 Å². The van der Waals surface area contributed by atoms with Crippen LogP contribution < -0.4 is 10.6 Å². The Morgan fingerprint density at radius 1 is 1.56 bits per heavy atom. The van der Waals surface area contributed by atoms with E-state index in [0.29, 0.717) is 25.6 Å². The van der Waals surface area contributed by atoms with Gasteiger partial charge in [-0.3, -0.25) is 4.79 Å². The lowest BCUT2D eigenvalue weighted by Gasteiger charge is -2.22. The first-order valence-electron chi connectivity index (χ1n) is 5.30. The molecule has 2 heterocycles.